The summed E-state index contributed by atoms with van der Waals surface area (Å²) < 4.78 is 15.6. The predicted octanol–water partition coefficient (Wildman–Crippen LogP) is 4.12. The van der Waals surface area contributed by atoms with E-state index in [0.29, 0.717) is 41.0 Å². The molecular formula is C21H27FN2O2. The van der Waals surface area contributed by atoms with Crippen molar-refractivity contribution in [3.63, 3.8) is 0 Å². The first-order valence-electron chi connectivity index (χ1n) is 9.48. The number of hydrogen-bond donors (Lipinski definition) is 2. The zero-order valence-corrected chi connectivity index (χ0v) is 15.1. The van der Waals surface area contributed by atoms with Crippen LogP contribution in [0.15, 0.2) is 24.9 Å². The van der Waals surface area contributed by atoms with Gasteiger partial charge in [-0.25, -0.2) is 4.39 Å². The van der Waals surface area contributed by atoms with Gasteiger partial charge in [-0.1, -0.05) is 38.3 Å². The Kier molecular flexibility index (Phi) is 6.09. The molecule has 26 heavy (non-hydrogen) atoms. The van der Waals surface area contributed by atoms with Crippen molar-refractivity contribution in [3.8, 4) is 0 Å². The zero-order valence-electron chi connectivity index (χ0n) is 15.1. The van der Waals surface area contributed by atoms with Crippen LogP contribution in [0.1, 0.15) is 54.4 Å². The molecule has 0 unspecified atom stereocenters. The van der Waals surface area contributed by atoms with Crippen molar-refractivity contribution < 1.29 is 14.3 Å². The number of aromatic nitrogens is 1. The third-order valence-corrected chi connectivity index (χ3v) is 5.31. The van der Waals surface area contributed by atoms with Crippen molar-refractivity contribution in [2.24, 2.45) is 5.92 Å². The molecule has 1 amide bonds. The second-order valence-electron chi connectivity index (χ2n) is 7.12. The van der Waals surface area contributed by atoms with Gasteiger partial charge < -0.3 is 15.0 Å². The maximum absolute atomic E-state index is 13.9. The van der Waals surface area contributed by atoms with Crippen LogP contribution in [0, 0.1) is 11.7 Å². The minimum absolute atomic E-state index is 0.0765. The molecule has 1 saturated carbocycles. The van der Waals surface area contributed by atoms with Crippen LogP contribution < -0.4 is 5.32 Å². The first-order valence-corrected chi connectivity index (χ1v) is 9.48. The topological polar surface area (TPSA) is 54.3 Å². The number of carbonyl (C=O) groups is 1. The van der Waals surface area contributed by atoms with Crippen molar-refractivity contribution >= 4 is 22.9 Å². The van der Waals surface area contributed by atoms with Gasteiger partial charge in [-0.3, -0.25) is 4.79 Å². The molecule has 140 valence electrons. The molecule has 1 aliphatic carbocycles. The van der Waals surface area contributed by atoms with Crippen LogP contribution in [0.4, 0.5) is 4.39 Å². The quantitative estimate of drug-likeness (QED) is 0.764. The van der Waals surface area contributed by atoms with Crippen molar-refractivity contribution in [2.45, 2.75) is 45.1 Å². The molecule has 1 fully saturated rings. The Morgan fingerprint density at radius 2 is 2.04 bits per heavy atom. The number of aliphatic hydroxyl groups excluding tert-OH is 1. The standard InChI is InChI=1S/C21H27FN2O2/c1-2-16-11-17(22)12-19-20(16)18(14-24(19)9-10-25)21(26)23-13-15-7-5-3-4-6-8-15/h2,11-12,14-15,25H,1,3-10,13H2,(H,23,26). The highest BCUT2D eigenvalue weighted by atomic mass is 19.1. The van der Waals surface area contributed by atoms with E-state index in [2.05, 4.69) is 11.9 Å². The number of aliphatic hydroxyl groups is 1. The van der Waals surface area contributed by atoms with E-state index in [1.165, 1.54) is 37.8 Å². The van der Waals surface area contributed by atoms with Crippen LogP contribution in [-0.2, 0) is 6.54 Å². The van der Waals surface area contributed by atoms with Crippen molar-refractivity contribution in [1.82, 2.24) is 9.88 Å². The molecule has 0 saturated heterocycles. The lowest BCUT2D eigenvalue weighted by atomic mass is 10.00. The van der Waals surface area contributed by atoms with Crippen LogP contribution in [-0.4, -0.2) is 28.7 Å². The zero-order chi connectivity index (χ0) is 18.5. The van der Waals surface area contributed by atoms with Gasteiger partial charge in [0.15, 0.2) is 0 Å². The Balaban J connectivity index is 1.88. The lowest BCUT2D eigenvalue weighted by Gasteiger charge is -2.14. The molecule has 5 heteroatoms. The minimum atomic E-state index is -0.380. The molecule has 1 aliphatic rings. The molecular weight excluding hydrogens is 331 g/mol. The first-order chi connectivity index (χ1) is 12.6. The van der Waals surface area contributed by atoms with Crippen molar-refractivity contribution in [3.05, 3.63) is 41.9 Å². The number of rotatable bonds is 6. The molecule has 1 aromatic heterocycles. The smallest absolute Gasteiger partial charge is 0.253 e. The normalized spacial score (nSPS) is 15.8. The lowest BCUT2D eigenvalue weighted by molar-refractivity contribution is 0.0947. The fourth-order valence-corrected chi connectivity index (χ4v) is 3.95. The molecule has 4 nitrogen and oxygen atoms in total. The third kappa shape index (κ3) is 3.98. The Morgan fingerprint density at radius 3 is 2.69 bits per heavy atom. The molecule has 2 N–H and O–H groups in total. The summed E-state index contributed by atoms with van der Waals surface area (Å²) in [6, 6.07) is 2.79. The highest BCUT2D eigenvalue weighted by Gasteiger charge is 2.20. The summed E-state index contributed by atoms with van der Waals surface area (Å²) >= 11 is 0. The number of benzene rings is 1. The molecule has 0 aliphatic heterocycles. The number of hydrogen-bond acceptors (Lipinski definition) is 2. The minimum Gasteiger partial charge on any atom is -0.395 e. The highest BCUT2D eigenvalue weighted by molar-refractivity contribution is 6.09. The SMILES string of the molecule is C=Cc1cc(F)cc2c1c(C(=O)NCC1CCCCCC1)cn2CCO. The fraction of sp³-hybridized carbons (Fsp3) is 0.476. The number of nitrogens with one attached hydrogen (secondary N) is 1. The van der Waals surface area contributed by atoms with E-state index in [-0.39, 0.29) is 18.3 Å². The highest BCUT2D eigenvalue weighted by Crippen LogP contribution is 2.28. The maximum atomic E-state index is 13.9. The summed E-state index contributed by atoms with van der Waals surface area (Å²) in [5, 5.41) is 13.0. The van der Waals surface area contributed by atoms with Crippen LogP contribution in [0.3, 0.4) is 0 Å². The van der Waals surface area contributed by atoms with E-state index < -0.39 is 0 Å². The molecule has 2 aromatic rings. The second kappa shape index (κ2) is 8.49. The molecule has 1 heterocycles. The van der Waals surface area contributed by atoms with E-state index in [1.54, 1.807) is 16.8 Å². The van der Waals surface area contributed by atoms with Gasteiger partial charge >= 0.3 is 0 Å². The van der Waals surface area contributed by atoms with Gasteiger partial charge in [-0.05, 0) is 36.5 Å². The predicted molar refractivity (Wildman–Crippen MR) is 103 cm³/mol. The summed E-state index contributed by atoms with van der Waals surface area (Å²) in [5.41, 5.74) is 1.71. The molecule has 0 spiro atoms. The Labute approximate surface area is 153 Å². The van der Waals surface area contributed by atoms with E-state index in [1.807, 2.05) is 0 Å². The van der Waals surface area contributed by atoms with Crippen LogP contribution in [0.2, 0.25) is 0 Å². The molecule has 0 radical (unpaired) electrons. The van der Waals surface area contributed by atoms with Gasteiger partial charge in [0.1, 0.15) is 5.82 Å². The Bertz CT molecular complexity index is 789. The Morgan fingerprint density at radius 1 is 1.31 bits per heavy atom. The van der Waals surface area contributed by atoms with Gasteiger partial charge in [0.2, 0.25) is 0 Å². The second-order valence-corrected chi connectivity index (χ2v) is 7.12. The average Bonchev–Trinajstić information content (AvgIpc) is 2.82. The number of fused-ring (bicyclic) bond motifs is 1. The van der Waals surface area contributed by atoms with E-state index in [0.717, 1.165) is 12.8 Å². The monoisotopic (exact) mass is 358 g/mol. The van der Waals surface area contributed by atoms with Gasteiger partial charge in [-0.15, -0.1) is 0 Å². The average molecular weight is 358 g/mol. The Hall–Kier alpha value is -2.14. The number of halogens is 1. The van der Waals surface area contributed by atoms with Crippen LogP contribution in [0.5, 0.6) is 0 Å². The molecule has 0 bridgehead atoms. The van der Waals surface area contributed by atoms with Crippen molar-refractivity contribution in [2.75, 3.05) is 13.2 Å². The van der Waals surface area contributed by atoms with Gasteiger partial charge in [0.05, 0.1) is 17.7 Å². The lowest BCUT2D eigenvalue weighted by Crippen LogP contribution is -2.29. The molecule has 1 aromatic carbocycles. The fourth-order valence-electron chi connectivity index (χ4n) is 3.95. The van der Waals surface area contributed by atoms with E-state index >= 15 is 0 Å². The van der Waals surface area contributed by atoms with E-state index in [9.17, 15) is 14.3 Å². The van der Waals surface area contributed by atoms with Crippen molar-refractivity contribution in [1.29, 1.82) is 0 Å². The van der Waals surface area contributed by atoms with E-state index in [4.69, 9.17) is 0 Å². The number of amides is 1. The molecule has 3 rings (SSSR count). The largest absolute Gasteiger partial charge is 0.395 e. The van der Waals surface area contributed by atoms with Gasteiger partial charge in [-0.2, -0.15) is 0 Å². The van der Waals surface area contributed by atoms with Gasteiger partial charge in [0.25, 0.3) is 5.91 Å². The molecule has 0 atom stereocenters. The summed E-state index contributed by atoms with van der Waals surface area (Å²) in [4.78, 5) is 12.8. The van der Waals surface area contributed by atoms with Crippen LogP contribution >= 0.6 is 0 Å². The maximum Gasteiger partial charge on any atom is 0.253 e. The summed E-state index contributed by atoms with van der Waals surface area (Å²) in [6.07, 6.45) is 10.6. The number of carbonyl (C=O) groups excluding carboxylic acids is 1. The summed E-state index contributed by atoms with van der Waals surface area (Å²) in [6.45, 7) is 4.66. The first kappa shape index (κ1) is 18.6. The van der Waals surface area contributed by atoms with Gasteiger partial charge in [0, 0.05) is 24.7 Å². The van der Waals surface area contributed by atoms with Crippen LogP contribution in [0.25, 0.3) is 17.0 Å². The summed E-state index contributed by atoms with van der Waals surface area (Å²) in [7, 11) is 0. The summed E-state index contributed by atoms with van der Waals surface area (Å²) in [5.74, 6) is 0.00399. The third-order valence-electron chi connectivity index (χ3n) is 5.31. The number of nitrogens with zero attached hydrogens (tertiary/aromatic N) is 1.